The van der Waals surface area contributed by atoms with Gasteiger partial charge in [0, 0.05) is 37.7 Å². The van der Waals surface area contributed by atoms with E-state index in [2.05, 4.69) is 30.7 Å². The number of aromatic nitrogens is 1. The van der Waals surface area contributed by atoms with Crippen LogP contribution in [0.25, 0.3) is 0 Å². The molecule has 1 aromatic rings. The Hall–Kier alpha value is -2.15. The molecule has 31 heavy (non-hydrogen) atoms. The lowest BCUT2D eigenvalue weighted by molar-refractivity contribution is 0.0373. The maximum absolute atomic E-state index is 13.3. The summed E-state index contributed by atoms with van der Waals surface area (Å²) in [5.41, 5.74) is 0.863. The summed E-state index contributed by atoms with van der Waals surface area (Å²) in [7, 11) is -1.91. The largest absolute Gasteiger partial charge is 0.472 e. The summed E-state index contributed by atoms with van der Waals surface area (Å²) in [6, 6.07) is 1.24. The second-order valence-electron chi connectivity index (χ2n) is 8.64. The molecular weight excluding hydrogens is 418 g/mol. The summed E-state index contributed by atoms with van der Waals surface area (Å²) in [6.07, 6.45) is 2.90. The highest BCUT2D eigenvalue weighted by Gasteiger charge is 2.35. The van der Waals surface area contributed by atoms with E-state index >= 15 is 0 Å². The molecule has 0 spiro atoms. The van der Waals surface area contributed by atoms with Gasteiger partial charge in [0.15, 0.2) is 0 Å². The lowest BCUT2D eigenvalue weighted by Gasteiger charge is -2.37. The van der Waals surface area contributed by atoms with Crippen LogP contribution in [0.15, 0.2) is 12.3 Å². The number of fused-ring (bicyclic) bond motifs is 1. The lowest BCUT2D eigenvalue weighted by Crippen LogP contribution is -2.50. The molecule has 172 valence electrons. The lowest BCUT2D eigenvalue weighted by atomic mass is 10.00. The normalized spacial score (nSPS) is 20.4. The van der Waals surface area contributed by atoms with Gasteiger partial charge < -0.3 is 14.7 Å². The van der Waals surface area contributed by atoms with E-state index in [1.165, 1.54) is 11.4 Å². The zero-order chi connectivity index (χ0) is 23.3. The van der Waals surface area contributed by atoms with Gasteiger partial charge in [0.1, 0.15) is 11.7 Å². The third-order valence-corrected chi connectivity index (χ3v) is 6.55. The molecule has 3 atom stereocenters. The zero-order valence-corrected chi connectivity index (χ0v) is 19.9. The highest BCUT2D eigenvalue weighted by molar-refractivity contribution is 7.88. The number of carbonyl (C=O) groups excluding carboxylic acids is 1. The van der Waals surface area contributed by atoms with Crippen LogP contribution in [0, 0.1) is 23.7 Å². The number of likely N-dealkylation sites (N-methyl/N-ethyl adjacent to an activating group) is 1. The third kappa shape index (κ3) is 6.66. The molecule has 0 aliphatic carbocycles. The Bertz CT molecular complexity index is 952. The van der Waals surface area contributed by atoms with Crippen molar-refractivity contribution >= 4 is 15.9 Å². The molecule has 1 aliphatic rings. The van der Waals surface area contributed by atoms with E-state index in [-0.39, 0.29) is 36.4 Å². The van der Waals surface area contributed by atoms with Crippen LogP contribution in [0.1, 0.15) is 50.0 Å². The number of hydrogen-bond donors (Lipinski definition) is 1. The van der Waals surface area contributed by atoms with E-state index in [0.717, 1.165) is 12.7 Å². The van der Waals surface area contributed by atoms with Crippen LogP contribution in [-0.4, -0.2) is 78.8 Å². The number of ether oxygens (including phenoxy) is 1. The molecule has 2 rings (SSSR count). The molecule has 2 heterocycles. The molecule has 1 amide bonds. The Balaban J connectivity index is 2.48. The minimum atomic E-state index is -3.40. The zero-order valence-electron chi connectivity index (χ0n) is 19.1. The van der Waals surface area contributed by atoms with Gasteiger partial charge in [-0.3, -0.25) is 4.79 Å². The van der Waals surface area contributed by atoms with Crippen LogP contribution >= 0.6 is 0 Å². The van der Waals surface area contributed by atoms with Crippen molar-refractivity contribution in [3.8, 4) is 17.7 Å². The van der Waals surface area contributed by atoms with Crippen molar-refractivity contribution in [2.75, 3.05) is 33.0 Å². The van der Waals surface area contributed by atoms with E-state index in [1.54, 1.807) is 24.1 Å². The third-order valence-electron chi connectivity index (χ3n) is 5.27. The first kappa shape index (κ1) is 25.1. The van der Waals surface area contributed by atoms with Crippen LogP contribution < -0.4 is 4.74 Å². The minimum absolute atomic E-state index is 0.118. The van der Waals surface area contributed by atoms with Gasteiger partial charge in [-0.05, 0) is 18.9 Å². The SMILES string of the molecule is CC(C)CC#Cc1cnc2c(c1)C(=O)N([C@H](C)CO)C[C@H](C)[C@H](CN(C)S(C)(=O)=O)O2. The van der Waals surface area contributed by atoms with Crippen LogP contribution in [0.4, 0.5) is 0 Å². The number of rotatable bonds is 6. The summed E-state index contributed by atoms with van der Waals surface area (Å²) < 4.78 is 31.1. The Morgan fingerprint density at radius 1 is 1.39 bits per heavy atom. The van der Waals surface area contributed by atoms with Crippen molar-refractivity contribution < 1.29 is 23.1 Å². The number of sulfonamides is 1. The summed E-state index contributed by atoms with van der Waals surface area (Å²) in [5, 5.41) is 9.69. The van der Waals surface area contributed by atoms with E-state index < -0.39 is 22.2 Å². The van der Waals surface area contributed by atoms with Crippen molar-refractivity contribution in [3.05, 3.63) is 23.4 Å². The number of aliphatic hydroxyl groups excluding tert-OH is 1. The second-order valence-corrected chi connectivity index (χ2v) is 10.7. The minimum Gasteiger partial charge on any atom is -0.472 e. The summed E-state index contributed by atoms with van der Waals surface area (Å²) in [6.45, 7) is 8.05. The molecule has 0 saturated carbocycles. The van der Waals surface area contributed by atoms with Gasteiger partial charge >= 0.3 is 0 Å². The highest BCUT2D eigenvalue weighted by Crippen LogP contribution is 2.27. The molecule has 1 N–H and O–H groups in total. The van der Waals surface area contributed by atoms with Crippen molar-refractivity contribution in [2.45, 2.75) is 46.3 Å². The van der Waals surface area contributed by atoms with E-state index in [9.17, 15) is 18.3 Å². The summed E-state index contributed by atoms with van der Waals surface area (Å²) in [5.74, 6) is 6.22. The fourth-order valence-electron chi connectivity index (χ4n) is 3.13. The van der Waals surface area contributed by atoms with E-state index in [0.29, 0.717) is 18.0 Å². The quantitative estimate of drug-likeness (QED) is 0.660. The monoisotopic (exact) mass is 451 g/mol. The Morgan fingerprint density at radius 2 is 2.06 bits per heavy atom. The summed E-state index contributed by atoms with van der Waals surface area (Å²) in [4.78, 5) is 19.2. The van der Waals surface area contributed by atoms with Crippen molar-refractivity contribution in [1.29, 1.82) is 0 Å². The van der Waals surface area contributed by atoms with Gasteiger partial charge in [0.05, 0.1) is 25.4 Å². The maximum Gasteiger partial charge on any atom is 0.259 e. The second kappa shape index (κ2) is 10.4. The van der Waals surface area contributed by atoms with Crippen molar-refractivity contribution in [3.63, 3.8) is 0 Å². The molecule has 1 aliphatic heterocycles. The number of nitrogens with zero attached hydrogens (tertiary/aromatic N) is 3. The number of pyridine rings is 1. The molecule has 0 bridgehead atoms. The molecule has 8 nitrogen and oxygen atoms in total. The van der Waals surface area contributed by atoms with Crippen molar-refractivity contribution in [2.24, 2.45) is 11.8 Å². The first-order valence-corrected chi connectivity index (χ1v) is 12.3. The topological polar surface area (TPSA) is 100 Å². The van der Waals surface area contributed by atoms with Gasteiger partial charge in [-0.15, -0.1) is 0 Å². The van der Waals surface area contributed by atoms with Gasteiger partial charge in [-0.2, -0.15) is 0 Å². The predicted molar refractivity (Wildman–Crippen MR) is 119 cm³/mol. The fraction of sp³-hybridized carbons (Fsp3) is 0.636. The van der Waals surface area contributed by atoms with Crippen LogP contribution in [0.3, 0.4) is 0 Å². The number of amides is 1. The van der Waals surface area contributed by atoms with Crippen LogP contribution in [-0.2, 0) is 10.0 Å². The standard InChI is InChI=1S/C22H33N3O5S/c1-15(2)8-7-9-18-10-19-21(23-11-18)30-20(13-24(5)31(6,28)29)16(3)12-25(22(19)27)17(4)14-26/h10-11,15-17,20,26H,8,12-14H2,1-6H3/t16-,17+,20-/m0/s1. The van der Waals surface area contributed by atoms with Crippen LogP contribution in [0.5, 0.6) is 5.88 Å². The molecule has 0 fully saturated rings. The Morgan fingerprint density at radius 3 is 2.65 bits per heavy atom. The molecule has 0 aromatic carbocycles. The van der Waals surface area contributed by atoms with Gasteiger partial charge in [0.25, 0.3) is 5.91 Å². The highest BCUT2D eigenvalue weighted by atomic mass is 32.2. The first-order valence-electron chi connectivity index (χ1n) is 10.4. The molecule has 9 heteroatoms. The fourth-order valence-corrected chi connectivity index (χ4v) is 3.55. The average molecular weight is 452 g/mol. The molecule has 0 saturated heterocycles. The van der Waals surface area contributed by atoms with Crippen LogP contribution in [0.2, 0.25) is 0 Å². The predicted octanol–water partition coefficient (Wildman–Crippen LogP) is 1.59. The summed E-state index contributed by atoms with van der Waals surface area (Å²) >= 11 is 0. The molecule has 0 radical (unpaired) electrons. The van der Waals surface area contributed by atoms with Gasteiger partial charge in [-0.25, -0.2) is 17.7 Å². The smallest absolute Gasteiger partial charge is 0.259 e. The van der Waals surface area contributed by atoms with E-state index in [4.69, 9.17) is 4.74 Å². The Labute approximate surface area is 185 Å². The molecular formula is C22H33N3O5S. The Kier molecular flexibility index (Phi) is 8.46. The first-order chi connectivity index (χ1) is 14.4. The van der Waals surface area contributed by atoms with Crippen molar-refractivity contribution in [1.82, 2.24) is 14.2 Å². The number of aliphatic hydroxyl groups is 1. The van der Waals surface area contributed by atoms with E-state index in [1.807, 2.05) is 6.92 Å². The number of hydrogen-bond acceptors (Lipinski definition) is 6. The van der Waals surface area contributed by atoms with Gasteiger partial charge in [-0.1, -0.05) is 32.6 Å². The van der Waals surface area contributed by atoms with Gasteiger partial charge in [0.2, 0.25) is 15.9 Å². The average Bonchev–Trinajstić information content (AvgIpc) is 2.69. The maximum atomic E-state index is 13.3. The molecule has 0 unspecified atom stereocenters. The number of carbonyl (C=O) groups is 1. The molecule has 1 aromatic heterocycles.